The largest absolute Gasteiger partial charge is 0.444 e. The Labute approximate surface area is 131 Å². The molecule has 1 amide bonds. The number of rotatable bonds is 4. The first-order valence-corrected chi connectivity index (χ1v) is 8.65. The van der Waals surface area contributed by atoms with Gasteiger partial charge in [-0.2, -0.15) is 8.42 Å². The van der Waals surface area contributed by atoms with Crippen LogP contribution in [0.25, 0.3) is 0 Å². The number of nitrogens with zero attached hydrogens (tertiary/aromatic N) is 1. The molecule has 1 heterocycles. The first-order valence-electron chi connectivity index (χ1n) is 7.07. The summed E-state index contributed by atoms with van der Waals surface area (Å²) in [6.07, 6.45) is -0.950. The standard InChI is InChI=1S/C15H21NO5S/c1-15(2,3)20-14(17)16-9-13(10-16)21-22(18,19)11-12-7-5-4-6-8-12/h4-8,13H,9-11H2,1-3H3. The first kappa shape index (κ1) is 16.8. The Morgan fingerprint density at radius 3 is 2.36 bits per heavy atom. The molecular weight excluding hydrogens is 306 g/mol. The van der Waals surface area contributed by atoms with Gasteiger partial charge in [0.1, 0.15) is 17.5 Å². The van der Waals surface area contributed by atoms with E-state index in [-0.39, 0.29) is 18.8 Å². The minimum absolute atomic E-state index is 0.170. The third kappa shape index (κ3) is 4.99. The van der Waals surface area contributed by atoms with Crippen LogP contribution in [0.1, 0.15) is 26.3 Å². The van der Waals surface area contributed by atoms with Crippen LogP contribution in [0.15, 0.2) is 30.3 Å². The van der Waals surface area contributed by atoms with Crippen molar-refractivity contribution in [1.29, 1.82) is 0 Å². The van der Waals surface area contributed by atoms with Crippen LogP contribution in [-0.2, 0) is 24.8 Å². The van der Waals surface area contributed by atoms with Crippen LogP contribution in [0.3, 0.4) is 0 Å². The Bertz CT molecular complexity index is 615. The Balaban J connectivity index is 1.81. The number of carbonyl (C=O) groups is 1. The van der Waals surface area contributed by atoms with E-state index in [9.17, 15) is 13.2 Å². The van der Waals surface area contributed by atoms with Crippen molar-refractivity contribution < 1.29 is 22.1 Å². The highest BCUT2D eigenvalue weighted by molar-refractivity contribution is 7.85. The van der Waals surface area contributed by atoms with Crippen LogP contribution in [0.5, 0.6) is 0 Å². The first-order chi connectivity index (χ1) is 10.1. The molecule has 0 aliphatic carbocycles. The zero-order chi connectivity index (χ0) is 16.4. The molecule has 0 aromatic heterocycles. The predicted octanol–water partition coefficient (Wildman–Crippen LogP) is 2.15. The minimum atomic E-state index is -3.66. The van der Waals surface area contributed by atoms with Crippen LogP contribution in [0.4, 0.5) is 4.79 Å². The van der Waals surface area contributed by atoms with Crippen molar-refractivity contribution in [3.8, 4) is 0 Å². The molecule has 0 radical (unpaired) electrons. The van der Waals surface area contributed by atoms with Gasteiger partial charge in [-0.25, -0.2) is 4.79 Å². The van der Waals surface area contributed by atoms with E-state index in [2.05, 4.69) is 0 Å². The second-order valence-corrected chi connectivity index (χ2v) is 7.89. The number of benzene rings is 1. The number of amides is 1. The molecule has 7 heteroatoms. The smallest absolute Gasteiger partial charge is 0.410 e. The normalized spacial score (nSPS) is 16.2. The molecule has 2 rings (SSSR count). The summed E-state index contributed by atoms with van der Waals surface area (Å²) >= 11 is 0. The Hall–Kier alpha value is -1.60. The lowest BCUT2D eigenvalue weighted by Gasteiger charge is -2.38. The van der Waals surface area contributed by atoms with Gasteiger partial charge in [-0.1, -0.05) is 30.3 Å². The third-order valence-electron chi connectivity index (χ3n) is 2.97. The zero-order valence-corrected chi connectivity index (χ0v) is 13.8. The number of hydrogen-bond donors (Lipinski definition) is 0. The van der Waals surface area contributed by atoms with Crippen molar-refractivity contribution in [2.24, 2.45) is 0 Å². The highest BCUT2D eigenvalue weighted by Crippen LogP contribution is 2.20. The number of ether oxygens (including phenoxy) is 1. The lowest BCUT2D eigenvalue weighted by atomic mass is 10.2. The summed E-state index contributed by atoms with van der Waals surface area (Å²) in [4.78, 5) is 13.2. The molecule has 0 bridgehead atoms. The van der Waals surface area contributed by atoms with Gasteiger partial charge >= 0.3 is 6.09 Å². The molecule has 1 aromatic carbocycles. The third-order valence-corrected chi connectivity index (χ3v) is 4.22. The molecule has 1 saturated heterocycles. The minimum Gasteiger partial charge on any atom is -0.444 e. The highest BCUT2D eigenvalue weighted by Gasteiger charge is 2.37. The van der Waals surface area contributed by atoms with E-state index in [1.807, 2.05) is 6.07 Å². The summed E-state index contributed by atoms with van der Waals surface area (Å²) in [5.74, 6) is -0.170. The van der Waals surface area contributed by atoms with Crippen LogP contribution in [0.2, 0.25) is 0 Å². The number of carbonyl (C=O) groups excluding carboxylic acids is 1. The van der Waals surface area contributed by atoms with E-state index >= 15 is 0 Å². The second-order valence-electron chi connectivity index (χ2n) is 6.29. The molecule has 0 saturated carbocycles. The van der Waals surface area contributed by atoms with Gasteiger partial charge in [0.2, 0.25) is 0 Å². The van der Waals surface area contributed by atoms with Crippen molar-refractivity contribution in [2.75, 3.05) is 13.1 Å². The maximum absolute atomic E-state index is 12.0. The van der Waals surface area contributed by atoms with Crippen molar-refractivity contribution in [3.05, 3.63) is 35.9 Å². The Kier molecular flexibility index (Phi) is 4.77. The average molecular weight is 327 g/mol. The van der Waals surface area contributed by atoms with Gasteiger partial charge in [-0.15, -0.1) is 0 Å². The van der Waals surface area contributed by atoms with E-state index in [1.165, 1.54) is 4.90 Å². The van der Waals surface area contributed by atoms with Crippen LogP contribution >= 0.6 is 0 Å². The fourth-order valence-corrected chi connectivity index (χ4v) is 3.20. The van der Waals surface area contributed by atoms with E-state index in [1.54, 1.807) is 45.0 Å². The van der Waals surface area contributed by atoms with Crippen LogP contribution in [-0.4, -0.2) is 44.2 Å². The SMILES string of the molecule is CC(C)(C)OC(=O)N1CC(OS(=O)(=O)Cc2ccccc2)C1. The highest BCUT2D eigenvalue weighted by atomic mass is 32.2. The van der Waals surface area contributed by atoms with Gasteiger partial charge in [-0.05, 0) is 26.3 Å². The van der Waals surface area contributed by atoms with Gasteiger partial charge in [0.25, 0.3) is 10.1 Å². The summed E-state index contributed by atoms with van der Waals surface area (Å²) in [7, 11) is -3.66. The molecule has 1 aliphatic heterocycles. The molecule has 0 spiro atoms. The summed E-state index contributed by atoms with van der Waals surface area (Å²) in [6.45, 7) is 5.79. The molecule has 0 unspecified atom stereocenters. The summed E-state index contributed by atoms with van der Waals surface area (Å²) in [5.41, 5.74) is 0.105. The Morgan fingerprint density at radius 2 is 1.82 bits per heavy atom. The predicted molar refractivity (Wildman–Crippen MR) is 81.7 cm³/mol. The molecule has 1 fully saturated rings. The molecule has 1 aromatic rings. The monoisotopic (exact) mass is 327 g/mol. The van der Waals surface area contributed by atoms with E-state index in [4.69, 9.17) is 8.92 Å². The van der Waals surface area contributed by atoms with Crippen molar-refractivity contribution in [1.82, 2.24) is 4.90 Å². The van der Waals surface area contributed by atoms with Crippen LogP contribution in [0, 0.1) is 0 Å². The molecule has 22 heavy (non-hydrogen) atoms. The topological polar surface area (TPSA) is 72.9 Å². The maximum Gasteiger partial charge on any atom is 0.410 e. The maximum atomic E-state index is 12.0. The summed E-state index contributed by atoms with van der Waals surface area (Å²) in [6, 6.07) is 8.84. The van der Waals surface area contributed by atoms with Gasteiger partial charge < -0.3 is 9.64 Å². The summed E-state index contributed by atoms with van der Waals surface area (Å²) < 4.78 is 34.2. The number of hydrogen-bond acceptors (Lipinski definition) is 5. The molecule has 6 nitrogen and oxygen atoms in total. The van der Waals surface area contributed by atoms with E-state index in [0.717, 1.165) is 0 Å². The van der Waals surface area contributed by atoms with Crippen molar-refractivity contribution in [3.63, 3.8) is 0 Å². The molecule has 0 N–H and O–H groups in total. The molecule has 0 atom stereocenters. The van der Waals surface area contributed by atoms with Gasteiger partial charge in [0, 0.05) is 0 Å². The van der Waals surface area contributed by atoms with Crippen LogP contribution < -0.4 is 0 Å². The fourth-order valence-electron chi connectivity index (χ4n) is 1.99. The van der Waals surface area contributed by atoms with E-state index in [0.29, 0.717) is 5.56 Å². The zero-order valence-electron chi connectivity index (χ0n) is 13.0. The van der Waals surface area contributed by atoms with Gasteiger partial charge in [-0.3, -0.25) is 4.18 Å². The van der Waals surface area contributed by atoms with E-state index < -0.39 is 27.9 Å². The fraction of sp³-hybridized carbons (Fsp3) is 0.533. The van der Waals surface area contributed by atoms with Crippen molar-refractivity contribution in [2.45, 2.75) is 38.2 Å². The molecule has 122 valence electrons. The lowest BCUT2D eigenvalue weighted by molar-refractivity contribution is -0.0206. The van der Waals surface area contributed by atoms with Gasteiger partial charge in [0.15, 0.2) is 0 Å². The number of likely N-dealkylation sites (tertiary alicyclic amines) is 1. The summed E-state index contributed by atoms with van der Waals surface area (Å²) in [5, 5.41) is 0. The molecular formula is C15H21NO5S. The average Bonchev–Trinajstić information content (AvgIpc) is 2.31. The molecule has 1 aliphatic rings. The van der Waals surface area contributed by atoms with Crippen molar-refractivity contribution >= 4 is 16.2 Å². The lowest BCUT2D eigenvalue weighted by Crippen LogP contribution is -2.56. The Morgan fingerprint density at radius 1 is 1.23 bits per heavy atom. The van der Waals surface area contributed by atoms with Gasteiger partial charge in [0.05, 0.1) is 13.1 Å². The quantitative estimate of drug-likeness (QED) is 0.792. The second kappa shape index (κ2) is 6.26.